The van der Waals surface area contributed by atoms with Crippen molar-refractivity contribution in [3.63, 3.8) is 0 Å². The summed E-state index contributed by atoms with van der Waals surface area (Å²) in [7, 11) is 0. The fourth-order valence-corrected chi connectivity index (χ4v) is 2.06. The molecule has 1 N–H and O–H groups in total. The van der Waals surface area contributed by atoms with Crippen molar-refractivity contribution in [1.82, 2.24) is 4.90 Å². The van der Waals surface area contributed by atoms with Gasteiger partial charge in [0.15, 0.2) is 0 Å². The zero-order valence-corrected chi connectivity index (χ0v) is 10.0. The van der Waals surface area contributed by atoms with Crippen LogP contribution in [0.5, 0.6) is 0 Å². The first-order valence-electron chi connectivity index (χ1n) is 6.05. The highest BCUT2D eigenvalue weighted by molar-refractivity contribution is 5.99. The first-order chi connectivity index (χ1) is 8.68. The van der Waals surface area contributed by atoms with Crippen LogP contribution in [0.4, 0.5) is 10.5 Å². The monoisotopic (exact) mass is 247 g/mol. The van der Waals surface area contributed by atoms with Crippen LogP contribution < -0.4 is 10.4 Å². The summed E-state index contributed by atoms with van der Waals surface area (Å²) in [6.45, 7) is 1.44. The van der Waals surface area contributed by atoms with Crippen LogP contribution in [0, 0.1) is 0 Å². The number of anilines is 1. The minimum Gasteiger partial charge on any atom is -0.545 e. The third-order valence-corrected chi connectivity index (χ3v) is 3.03. The Hall–Kier alpha value is -2.04. The van der Waals surface area contributed by atoms with Gasteiger partial charge in [-0.05, 0) is 25.3 Å². The number of carbonyl (C=O) groups is 2. The Balaban J connectivity index is 2.08. The van der Waals surface area contributed by atoms with E-state index in [2.05, 4.69) is 5.32 Å². The van der Waals surface area contributed by atoms with Crippen LogP contribution in [-0.4, -0.2) is 30.0 Å². The van der Waals surface area contributed by atoms with Crippen molar-refractivity contribution >= 4 is 17.7 Å². The van der Waals surface area contributed by atoms with E-state index in [1.807, 2.05) is 0 Å². The zero-order chi connectivity index (χ0) is 13.0. The Bertz CT molecular complexity index is 453. The number of aromatic carboxylic acids is 1. The van der Waals surface area contributed by atoms with Crippen molar-refractivity contribution in [3.8, 4) is 0 Å². The number of carboxylic acids is 1. The van der Waals surface area contributed by atoms with Gasteiger partial charge < -0.3 is 20.1 Å². The van der Waals surface area contributed by atoms with Crippen molar-refractivity contribution in [2.24, 2.45) is 0 Å². The lowest BCUT2D eigenvalue weighted by atomic mass is 10.1. The third-order valence-electron chi connectivity index (χ3n) is 3.03. The average Bonchev–Trinajstić information content (AvgIpc) is 2.40. The number of para-hydroxylation sites is 1. The van der Waals surface area contributed by atoms with Gasteiger partial charge in [0.2, 0.25) is 0 Å². The number of carboxylic acid groups (broad SMARTS) is 1. The molecule has 96 valence electrons. The number of nitrogens with zero attached hydrogens (tertiary/aromatic N) is 1. The number of benzene rings is 1. The maximum absolute atomic E-state index is 11.9. The molecule has 18 heavy (non-hydrogen) atoms. The molecule has 0 aliphatic carbocycles. The summed E-state index contributed by atoms with van der Waals surface area (Å²) < 4.78 is 0. The van der Waals surface area contributed by atoms with Gasteiger partial charge in [-0.2, -0.15) is 0 Å². The molecule has 1 saturated heterocycles. The van der Waals surface area contributed by atoms with Gasteiger partial charge in [0.1, 0.15) is 0 Å². The summed E-state index contributed by atoms with van der Waals surface area (Å²) >= 11 is 0. The highest BCUT2D eigenvalue weighted by atomic mass is 16.4. The Morgan fingerprint density at radius 3 is 2.44 bits per heavy atom. The van der Waals surface area contributed by atoms with E-state index in [4.69, 9.17) is 0 Å². The van der Waals surface area contributed by atoms with E-state index in [0.29, 0.717) is 0 Å². The Morgan fingerprint density at radius 2 is 1.78 bits per heavy atom. The molecule has 0 aromatic heterocycles. The number of amides is 2. The summed E-state index contributed by atoms with van der Waals surface area (Å²) in [4.78, 5) is 24.6. The number of carbonyl (C=O) groups excluding carboxylic acids is 2. The molecule has 5 heteroatoms. The van der Waals surface area contributed by atoms with E-state index in [9.17, 15) is 14.7 Å². The zero-order valence-electron chi connectivity index (χ0n) is 10.0. The molecule has 1 aromatic rings. The lowest BCUT2D eigenvalue weighted by Crippen LogP contribution is -2.39. The molecule has 5 nitrogen and oxygen atoms in total. The molecule has 0 bridgehead atoms. The Morgan fingerprint density at radius 1 is 1.11 bits per heavy atom. The largest absolute Gasteiger partial charge is 0.545 e. The van der Waals surface area contributed by atoms with Gasteiger partial charge in [0.05, 0.1) is 11.7 Å². The van der Waals surface area contributed by atoms with Crippen LogP contribution >= 0.6 is 0 Å². The second kappa shape index (κ2) is 5.53. The van der Waals surface area contributed by atoms with Crippen molar-refractivity contribution in [2.45, 2.75) is 19.3 Å². The summed E-state index contributed by atoms with van der Waals surface area (Å²) in [6, 6.07) is 6.01. The molecule has 0 radical (unpaired) electrons. The van der Waals surface area contributed by atoms with Crippen LogP contribution in [0.15, 0.2) is 24.3 Å². The molecule has 2 amide bonds. The Labute approximate surface area is 105 Å². The highest BCUT2D eigenvalue weighted by Crippen LogP contribution is 2.16. The molecule has 2 rings (SSSR count). The first kappa shape index (κ1) is 12.4. The van der Waals surface area contributed by atoms with Gasteiger partial charge in [-0.1, -0.05) is 18.2 Å². The van der Waals surface area contributed by atoms with Gasteiger partial charge in [-0.3, -0.25) is 0 Å². The maximum Gasteiger partial charge on any atom is 0.321 e. The molecule has 0 atom stereocenters. The summed E-state index contributed by atoms with van der Waals surface area (Å²) in [5, 5.41) is 13.5. The van der Waals surface area contributed by atoms with Gasteiger partial charge in [-0.25, -0.2) is 4.79 Å². The summed E-state index contributed by atoms with van der Waals surface area (Å²) in [6.07, 6.45) is 3.13. The number of piperidine rings is 1. The van der Waals surface area contributed by atoms with Crippen LogP contribution in [0.1, 0.15) is 29.6 Å². The van der Waals surface area contributed by atoms with Gasteiger partial charge in [-0.15, -0.1) is 0 Å². The van der Waals surface area contributed by atoms with Crippen LogP contribution in [0.25, 0.3) is 0 Å². The topological polar surface area (TPSA) is 72.5 Å². The normalized spacial score (nSPS) is 15.2. The van der Waals surface area contributed by atoms with E-state index < -0.39 is 5.97 Å². The van der Waals surface area contributed by atoms with Gasteiger partial charge in [0, 0.05) is 18.7 Å². The number of nitrogens with one attached hydrogen (secondary N) is 1. The van der Waals surface area contributed by atoms with Crippen molar-refractivity contribution < 1.29 is 14.7 Å². The van der Waals surface area contributed by atoms with Crippen LogP contribution in [-0.2, 0) is 0 Å². The van der Waals surface area contributed by atoms with Gasteiger partial charge in [0.25, 0.3) is 0 Å². The molecule has 1 aliphatic heterocycles. The van der Waals surface area contributed by atoms with E-state index in [1.165, 1.54) is 6.07 Å². The lowest BCUT2D eigenvalue weighted by molar-refractivity contribution is -0.254. The lowest BCUT2D eigenvalue weighted by Gasteiger charge is -2.27. The predicted octanol–water partition coefficient (Wildman–Crippen LogP) is 1.07. The van der Waals surface area contributed by atoms with Crippen molar-refractivity contribution in [1.29, 1.82) is 0 Å². The summed E-state index contributed by atoms with van der Waals surface area (Å²) in [5.41, 5.74) is 0.288. The minimum absolute atomic E-state index is 0.00265. The van der Waals surface area contributed by atoms with Crippen molar-refractivity contribution in [3.05, 3.63) is 29.8 Å². The standard InChI is InChI=1S/C13H16N2O3/c16-12(17)10-6-2-3-7-11(10)14-13(18)15-8-4-1-5-9-15/h2-3,6-7H,1,4-5,8-9H2,(H,14,18)(H,16,17)/p-1. The number of urea groups is 1. The minimum atomic E-state index is -1.29. The maximum atomic E-state index is 11.9. The molecule has 0 spiro atoms. The van der Waals surface area contributed by atoms with Gasteiger partial charge >= 0.3 is 6.03 Å². The molecular weight excluding hydrogens is 232 g/mol. The van der Waals surface area contributed by atoms with Crippen molar-refractivity contribution in [2.75, 3.05) is 18.4 Å². The number of hydrogen-bond acceptors (Lipinski definition) is 3. The number of rotatable bonds is 2. The molecule has 0 unspecified atom stereocenters. The molecule has 1 aromatic carbocycles. The van der Waals surface area contributed by atoms with E-state index in [0.717, 1.165) is 32.4 Å². The van der Waals surface area contributed by atoms with E-state index in [-0.39, 0.29) is 17.3 Å². The SMILES string of the molecule is O=C([O-])c1ccccc1NC(=O)N1CCCCC1. The third kappa shape index (κ3) is 2.80. The van der Waals surface area contributed by atoms with Crippen LogP contribution in [0.3, 0.4) is 0 Å². The molecular formula is C13H15N2O3-. The number of hydrogen-bond donors (Lipinski definition) is 1. The molecule has 1 fully saturated rings. The second-order valence-corrected chi connectivity index (χ2v) is 4.31. The fraction of sp³-hybridized carbons (Fsp3) is 0.385. The smallest absolute Gasteiger partial charge is 0.321 e. The average molecular weight is 247 g/mol. The number of likely N-dealkylation sites (tertiary alicyclic amines) is 1. The fourth-order valence-electron chi connectivity index (χ4n) is 2.06. The predicted molar refractivity (Wildman–Crippen MR) is 65.2 cm³/mol. The van der Waals surface area contributed by atoms with Crippen LogP contribution in [0.2, 0.25) is 0 Å². The molecule has 1 heterocycles. The first-order valence-corrected chi connectivity index (χ1v) is 6.05. The molecule has 0 saturated carbocycles. The quantitative estimate of drug-likeness (QED) is 0.849. The summed E-state index contributed by atoms with van der Waals surface area (Å²) in [5.74, 6) is -1.29. The second-order valence-electron chi connectivity index (χ2n) is 4.31. The molecule has 1 aliphatic rings. The highest BCUT2D eigenvalue weighted by Gasteiger charge is 2.17. The van der Waals surface area contributed by atoms with E-state index in [1.54, 1.807) is 23.1 Å². The Kier molecular flexibility index (Phi) is 3.82. The van der Waals surface area contributed by atoms with E-state index >= 15 is 0 Å².